The van der Waals surface area contributed by atoms with E-state index in [0.717, 1.165) is 17.2 Å². The predicted molar refractivity (Wildman–Crippen MR) is 117 cm³/mol. The quantitative estimate of drug-likeness (QED) is 0.640. The molecule has 1 unspecified atom stereocenters. The lowest BCUT2D eigenvalue weighted by atomic mass is 9.95. The van der Waals surface area contributed by atoms with Gasteiger partial charge in [-0.05, 0) is 41.1 Å². The molecule has 154 valence electrons. The van der Waals surface area contributed by atoms with Crippen molar-refractivity contribution in [3.8, 4) is 0 Å². The van der Waals surface area contributed by atoms with Gasteiger partial charge >= 0.3 is 5.97 Å². The molecule has 2 heterocycles. The molecule has 0 aliphatic carbocycles. The number of esters is 1. The molecule has 0 radical (unpaired) electrons. The highest BCUT2D eigenvalue weighted by atomic mass is 32.1. The number of rotatable bonds is 4. The minimum absolute atomic E-state index is 0.0601. The molecular formula is C23H22N2O4S. The number of likely N-dealkylation sites (tertiary alicyclic amines) is 1. The minimum Gasteiger partial charge on any atom is -0.465 e. The van der Waals surface area contributed by atoms with Gasteiger partial charge in [-0.25, -0.2) is 4.79 Å². The monoisotopic (exact) mass is 422 g/mol. The lowest BCUT2D eigenvalue weighted by Crippen LogP contribution is -2.43. The topological polar surface area (TPSA) is 75.7 Å². The number of anilines is 1. The third-order valence-corrected chi connectivity index (χ3v) is 6.29. The average molecular weight is 423 g/mol. The van der Waals surface area contributed by atoms with E-state index < -0.39 is 5.97 Å². The summed E-state index contributed by atoms with van der Waals surface area (Å²) < 4.78 is 4.76. The Labute approximate surface area is 178 Å². The van der Waals surface area contributed by atoms with Crippen molar-refractivity contribution in [2.45, 2.75) is 12.8 Å². The zero-order chi connectivity index (χ0) is 21.1. The number of hydrogen-bond donors (Lipinski definition) is 1. The van der Waals surface area contributed by atoms with Crippen molar-refractivity contribution in [1.82, 2.24) is 4.90 Å². The summed E-state index contributed by atoms with van der Waals surface area (Å²) in [5.41, 5.74) is 1.11. The Balaban J connectivity index is 1.49. The molecule has 2 aromatic carbocycles. The Morgan fingerprint density at radius 3 is 2.73 bits per heavy atom. The molecule has 1 N–H and O–H groups in total. The fourth-order valence-corrected chi connectivity index (χ4v) is 4.62. The van der Waals surface area contributed by atoms with Gasteiger partial charge in [0, 0.05) is 18.7 Å². The molecule has 0 spiro atoms. The van der Waals surface area contributed by atoms with Crippen LogP contribution >= 0.6 is 11.3 Å². The number of nitrogens with zero attached hydrogens (tertiary/aromatic N) is 1. The Morgan fingerprint density at radius 2 is 1.90 bits per heavy atom. The summed E-state index contributed by atoms with van der Waals surface area (Å²) >= 11 is 1.22. The second-order valence-electron chi connectivity index (χ2n) is 7.26. The number of thiophene rings is 1. The third-order valence-electron chi connectivity index (χ3n) is 5.39. The largest absolute Gasteiger partial charge is 0.465 e. The first kappa shape index (κ1) is 20.1. The van der Waals surface area contributed by atoms with Crippen LogP contribution < -0.4 is 5.32 Å². The third kappa shape index (κ3) is 3.93. The summed E-state index contributed by atoms with van der Waals surface area (Å²) in [6.45, 7) is 0.975. The first-order valence-electron chi connectivity index (χ1n) is 9.82. The summed E-state index contributed by atoms with van der Waals surface area (Å²) in [4.78, 5) is 40.0. The normalized spacial score (nSPS) is 16.3. The number of carbonyl (C=O) groups excluding carboxylic acids is 3. The maximum atomic E-state index is 13.2. The van der Waals surface area contributed by atoms with Crippen molar-refractivity contribution in [1.29, 1.82) is 0 Å². The highest BCUT2D eigenvalue weighted by Gasteiger charge is 2.30. The maximum Gasteiger partial charge on any atom is 0.350 e. The number of ether oxygens (including phenoxy) is 1. The summed E-state index contributed by atoms with van der Waals surface area (Å²) in [5, 5.41) is 6.50. The summed E-state index contributed by atoms with van der Waals surface area (Å²) in [7, 11) is 1.31. The van der Waals surface area contributed by atoms with Gasteiger partial charge in [0.25, 0.3) is 5.91 Å². The summed E-state index contributed by atoms with van der Waals surface area (Å²) in [6.07, 6.45) is 1.45. The fourth-order valence-electron chi connectivity index (χ4n) is 3.85. The predicted octanol–water partition coefficient (Wildman–Crippen LogP) is 4.18. The molecule has 4 rings (SSSR count). The molecule has 3 aromatic rings. The second-order valence-corrected chi connectivity index (χ2v) is 8.18. The molecule has 0 bridgehead atoms. The van der Waals surface area contributed by atoms with E-state index in [1.165, 1.54) is 18.4 Å². The van der Waals surface area contributed by atoms with E-state index in [2.05, 4.69) is 5.32 Å². The SMILES string of the molecule is COC(=O)c1sccc1NC(=O)C1CCCN(C(=O)c2cccc3ccccc23)C1. The van der Waals surface area contributed by atoms with Gasteiger partial charge in [-0.3, -0.25) is 9.59 Å². The molecule has 1 aromatic heterocycles. The van der Waals surface area contributed by atoms with Gasteiger partial charge in [0.2, 0.25) is 5.91 Å². The Hall–Kier alpha value is -3.19. The van der Waals surface area contributed by atoms with Gasteiger partial charge in [-0.15, -0.1) is 11.3 Å². The number of nitrogens with one attached hydrogen (secondary N) is 1. The average Bonchev–Trinajstić information content (AvgIpc) is 3.25. The Morgan fingerprint density at radius 1 is 1.10 bits per heavy atom. The van der Waals surface area contributed by atoms with Gasteiger partial charge in [-0.2, -0.15) is 0 Å². The molecule has 6 nitrogen and oxygen atoms in total. The molecule has 7 heteroatoms. The highest BCUT2D eigenvalue weighted by molar-refractivity contribution is 7.12. The van der Waals surface area contributed by atoms with Gasteiger partial charge in [0.05, 0.1) is 18.7 Å². The number of carbonyl (C=O) groups is 3. The van der Waals surface area contributed by atoms with E-state index in [1.54, 1.807) is 16.3 Å². The zero-order valence-corrected chi connectivity index (χ0v) is 17.4. The van der Waals surface area contributed by atoms with E-state index in [0.29, 0.717) is 35.6 Å². The summed E-state index contributed by atoms with van der Waals surface area (Å²) in [6, 6.07) is 15.2. The van der Waals surface area contributed by atoms with Crippen LogP contribution in [-0.4, -0.2) is 42.9 Å². The lowest BCUT2D eigenvalue weighted by molar-refractivity contribution is -0.121. The van der Waals surface area contributed by atoms with Gasteiger partial charge in [-0.1, -0.05) is 36.4 Å². The van der Waals surface area contributed by atoms with E-state index in [9.17, 15) is 14.4 Å². The van der Waals surface area contributed by atoms with E-state index in [1.807, 2.05) is 42.5 Å². The van der Waals surface area contributed by atoms with Crippen molar-refractivity contribution in [2.24, 2.45) is 5.92 Å². The van der Waals surface area contributed by atoms with Crippen molar-refractivity contribution in [2.75, 3.05) is 25.5 Å². The lowest BCUT2D eigenvalue weighted by Gasteiger charge is -2.32. The van der Waals surface area contributed by atoms with Gasteiger partial charge in [0.15, 0.2) is 0 Å². The van der Waals surface area contributed by atoms with Crippen LogP contribution in [0.1, 0.15) is 32.9 Å². The Bertz CT molecular complexity index is 1100. The molecule has 1 aliphatic rings. The zero-order valence-electron chi connectivity index (χ0n) is 16.6. The van der Waals surface area contributed by atoms with Crippen LogP contribution in [0.3, 0.4) is 0 Å². The van der Waals surface area contributed by atoms with E-state index >= 15 is 0 Å². The number of benzene rings is 2. The van der Waals surface area contributed by atoms with Crippen LogP contribution in [0.15, 0.2) is 53.9 Å². The number of amides is 2. The van der Waals surface area contributed by atoms with Crippen LogP contribution in [0.25, 0.3) is 10.8 Å². The second kappa shape index (κ2) is 8.67. The van der Waals surface area contributed by atoms with Crippen molar-refractivity contribution in [3.63, 3.8) is 0 Å². The molecule has 1 fully saturated rings. The van der Waals surface area contributed by atoms with Gasteiger partial charge < -0.3 is 15.0 Å². The number of methoxy groups -OCH3 is 1. The van der Waals surface area contributed by atoms with Crippen molar-refractivity contribution in [3.05, 3.63) is 64.4 Å². The minimum atomic E-state index is -0.475. The summed E-state index contributed by atoms with van der Waals surface area (Å²) in [5.74, 6) is -1.05. The first-order valence-corrected chi connectivity index (χ1v) is 10.7. The standard InChI is InChI=1S/C23H22N2O4S/c1-29-23(28)20-19(11-13-30-20)24-21(26)16-8-5-12-25(14-16)22(27)18-10-4-7-15-6-2-3-9-17(15)18/h2-4,6-7,9-11,13,16H,5,8,12,14H2,1H3,(H,24,26). The van der Waals surface area contributed by atoms with E-state index in [4.69, 9.17) is 4.74 Å². The smallest absolute Gasteiger partial charge is 0.350 e. The molecule has 30 heavy (non-hydrogen) atoms. The van der Waals surface area contributed by atoms with Crippen molar-refractivity contribution >= 4 is 45.6 Å². The molecule has 1 aliphatic heterocycles. The fraction of sp³-hybridized carbons (Fsp3) is 0.261. The number of piperidine rings is 1. The molecule has 1 atom stereocenters. The van der Waals surface area contributed by atoms with Crippen LogP contribution in [0, 0.1) is 5.92 Å². The molecule has 1 saturated heterocycles. The number of hydrogen-bond acceptors (Lipinski definition) is 5. The Kier molecular flexibility index (Phi) is 5.81. The van der Waals surface area contributed by atoms with Crippen LogP contribution in [-0.2, 0) is 9.53 Å². The van der Waals surface area contributed by atoms with Crippen LogP contribution in [0.4, 0.5) is 5.69 Å². The highest BCUT2D eigenvalue weighted by Crippen LogP contribution is 2.27. The molecular weight excluding hydrogens is 400 g/mol. The van der Waals surface area contributed by atoms with E-state index in [-0.39, 0.29) is 17.7 Å². The van der Waals surface area contributed by atoms with Crippen LogP contribution in [0.2, 0.25) is 0 Å². The van der Waals surface area contributed by atoms with Crippen LogP contribution in [0.5, 0.6) is 0 Å². The van der Waals surface area contributed by atoms with Crippen molar-refractivity contribution < 1.29 is 19.1 Å². The molecule has 2 amide bonds. The number of fused-ring (bicyclic) bond motifs is 1. The first-order chi connectivity index (χ1) is 14.6. The molecule has 0 saturated carbocycles. The van der Waals surface area contributed by atoms with Gasteiger partial charge in [0.1, 0.15) is 4.88 Å². The maximum absolute atomic E-state index is 13.2.